The predicted octanol–water partition coefficient (Wildman–Crippen LogP) is 6.08. The molecular weight excluding hydrogens is 454 g/mol. The molecule has 2 N–H and O–H groups in total. The molecule has 0 radical (unpaired) electrons. The first-order chi connectivity index (χ1) is 17.1. The Balaban J connectivity index is 2.08. The number of aliphatic hydroxyl groups excluding tert-OH is 1. The molecule has 0 amide bonds. The number of pyridine rings is 1. The lowest BCUT2D eigenvalue weighted by Gasteiger charge is -2.22. The Kier molecular flexibility index (Phi) is 11.7. The SMILES string of the molecule is CC[C@@H](C)C[C@H](C)/C=C(\C)[C@@H](O)[C@@H](C)CCCc1c(O)c(-c2ccc(OCOC)cc2)cn(C)c1=O. The van der Waals surface area contributed by atoms with Crippen LogP contribution in [-0.2, 0) is 18.2 Å². The van der Waals surface area contributed by atoms with Crippen molar-refractivity contribution in [3.63, 3.8) is 0 Å². The highest BCUT2D eigenvalue weighted by atomic mass is 16.7. The first-order valence-electron chi connectivity index (χ1n) is 13.1. The average Bonchev–Trinajstić information content (AvgIpc) is 2.86. The molecule has 0 aliphatic carbocycles. The summed E-state index contributed by atoms with van der Waals surface area (Å²) in [5, 5.41) is 21.8. The van der Waals surface area contributed by atoms with Gasteiger partial charge in [0.1, 0.15) is 11.5 Å². The van der Waals surface area contributed by atoms with Gasteiger partial charge in [-0.1, -0.05) is 52.3 Å². The molecule has 0 aliphatic heterocycles. The van der Waals surface area contributed by atoms with Crippen LogP contribution in [-0.4, -0.2) is 34.8 Å². The van der Waals surface area contributed by atoms with Crippen molar-refractivity contribution in [2.75, 3.05) is 13.9 Å². The zero-order chi connectivity index (χ0) is 26.8. The molecule has 0 saturated carbocycles. The number of aliphatic hydroxyl groups is 1. The van der Waals surface area contributed by atoms with Gasteiger partial charge >= 0.3 is 0 Å². The molecule has 6 nitrogen and oxygen atoms in total. The first kappa shape index (κ1) is 29.7. The molecule has 2 aromatic rings. The molecule has 200 valence electrons. The fraction of sp³-hybridized carbons (Fsp3) is 0.567. The molecule has 0 spiro atoms. The number of benzene rings is 1. The number of allylic oxidation sites excluding steroid dienone is 1. The summed E-state index contributed by atoms with van der Waals surface area (Å²) < 4.78 is 11.9. The molecule has 1 aromatic carbocycles. The number of aryl methyl sites for hydroxylation is 1. The maximum Gasteiger partial charge on any atom is 0.257 e. The third kappa shape index (κ3) is 8.24. The lowest BCUT2D eigenvalue weighted by atomic mass is 9.88. The monoisotopic (exact) mass is 499 g/mol. The highest BCUT2D eigenvalue weighted by Gasteiger charge is 2.19. The van der Waals surface area contributed by atoms with E-state index in [-0.39, 0.29) is 24.0 Å². The molecule has 0 saturated heterocycles. The summed E-state index contributed by atoms with van der Waals surface area (Å²) in [6.07, 6.45) is 7.54. The molecule has 1 heterocycles. The molecule has 0 fully saturated rings. The second kappa shape index (κ2) is 14.2. The minimum Gasteiger partial charge on any atom is -0.507 e. The second-order valence-electron chi connectivity index (χ2n) is 10.3. The van der Waals surface area contributed by atoms with Gasteiger partial charge in [0.2, 0.25) is 0 Å². The molecule has 6 heteroatoms. The zero-order valence-corrected chi connectivity index (χ0v) is 23.1. The Bertz CT molecular complexity index is 1040. The predicted molar refractivity (Wildman–Crippen MR) is 146 cm³/mol. The van der Waals surface area contributed by atoms with E-state index >= 15 is 0 Å². The topological polar surface area (TPSA) is 80.9 Å². The van der Waals surface area contributed by atoms with E-state index in [4.69, 9.17) is 9.47 Å². The molecule has 1 aromatic heterocycles. The molecular formula is C30H45NO5. The van der Waals surface area contributed by atoms with Crippen molar-refractivity contribution in [1.82, 2.24) is 4.57 Å². The molecule has 0 unspecified atom stereocenters. The Morgan fingerprint density at radius 1 is 1.17 bits per heavy atom. The number of rotatable bonds is 14. The van der Waals surface area contributed by atoms with Crippen molar-refractivity contribution in [1.29, 1.82) is 0 Å². The lowest BCUT2D eigenvalue weighted by molar-refractivity contribution is 0.0511. The number of aromatic hydroxyl groups is 1. The fourth-order valence-corrected chi connectivity index (χ4v) is 4.71. The van der Waals surface area contributed by atoms with E-state index in [9.17, 15) is 15.0 Å². The smallest absolute Gasteiger partial charge is 0.257 e. The summed E-state index contributed by atoms with van der Waals surface area (Å²) in [5.74, 6) is 1.85. The van der Waals surface area contributed by atoms with E-state index in [1.807, 2.05) is 26.0 Å². The number of methoxy groups -OCH3 is 1. The third-order valence-corrected chi connectivity index (χ3v) is 7.06. The standard InChI is InChI=1S/C30H45NO5/c1-8-20(2)16-21(3)17-23(5)28(32)22(4)10-9-11-26-29(33)27(18-31(6)30(26)34)24-12-14-25(15-13-24)36-19-35-7/h12-15,17-18,20-22,28,32-33H,8-11,16,19H2,1-7H3/b23-17+/t20-,21+,22+,28+/m1/s1. The van der Waals surface area contributed by atoms with Crippen molar-refractivity contribution in [2.24, 2.45) is 24.8 Å². The van der Waals surface area contributed by atoms with E-state index < -0.39 is 6.10 Å². The normalized spacial score (nSPS) is 15.4. The van der Waals surface area contributed by atoms with Crippen LogP contribution in [0.5, 0.6) is 11.5 Å². The fourth-order valence-electron chi connectivity index (χ4n) is 4.71. The van der Waals surface area contributed by atoms with Crippen LogP contribution in [0.25, 0.3) is 11.1 Å². The zero-order valence-electron chi connectivity index (χ0n) is 23.1. The van der Waals surface area contributed by atoms with Gasteiger partial charge < -0.3 is 24.3 Å². The highest BCUT2D eigenvalue weighted by Crippen LogP contribution is 2.32. The van der Waals surface area contributed by atoms with Gasteiger partial charge in [-0.05, 0) is 73.6 Å². The Hall–Kier alpha value is -2.57. The lowest BCUT2D eigenvalue weighted by Crippen LogP contribution is -2.22. The third-order valence-electron chi connectivity index (χ3n) is 7.06. The maximum absolute atomic E-state index is 12.8. The van der Waals surface area contributed by atoms with Gasteiger partial charge in [-0.25, -0.2) is 0 Å². The minimum absolute atomic E-state index is 0.0202. The number of nitrogens with zero attached hydrogens (tertiary/aromatic N) is 1. The number of hydrogen-bond acceptors (Lipinski definition) is 5. The summed E-state index contributed by atoms with van der Waals surface area (Å²) in [6.45, 7) is 10.9. The van der Waals surface area contributed by atoms with Crippen molar-refractivity contribution >= 4 is 0 Å². The molecule has 36 heavy (non-hydrogen) atoms. The Morgan fingerprint density at radius 2 is 1.83 bits per heavy atom. The van der Waals surface area contributed by atoms with E-state index in [1.54, 1.807) is 32.5 Å². The quantitative estimate of drug-likeness (QED) is 0.243. The summed E-state index contributed by atoms with van der Waals surface area (Å²) in [5.41, 5.74) is 2.62. The van der Waals surface area contributed by atoms with Gasteiger partial charge in [-0.15, -0.1) is 0 Å². The number of hydrogen-bond donors (Lipinski definition) is 2. The van der Waals surface area contributed by atoms with Crippen LogP contribution in [0.1, 0.15) is 65.9 Å². The average molecular weight is 500 g/mol. The van der Waals surface area contributed by atoms with Crippen molar-refractivity contribution in [3.8, 4) is 22.6 Å². The summed E-state index contributed by atoms with van der Waals surface area (Å²) in [6, 6.07) is 7.32. The van der Waals surface area contributed by atoms with Crippen LogP contribution in [0.2, 0.25) is 0 Å². The van der Waals surface area contributed by atoms with Gasteiger partial charge in [0.15, 0.2) is 6.79 Å². The van der Waals surface area contributed by atoms with Crippen LogP contribution >= 0.6 is 0 Å². The molecule has 4 atom stereocenters. The van der Waals surface area contributed by atoms with Crippen LogP contribution in [0, 0.1) is 17.8 Å². The molecule has 2 rings (SSSR count). The summed E-state index contributed by atoms with van der Waals surface area (Å²) in [4.78, 5) is 12.8. The molecule has 0 bridgehead atoms. The van der Waals surface area contributed by atoms with Crippen LogP contribution in [0.15, 0.2) is 46.9 Å². The largest absolute Gasteiger partial charge is 0.507 e. The van der Waals surface area contributed by atoms with Gasteiger partial charge in [-0.3, -0.25) is 4.79 Å². The van der Waals surface area contributed by atoms with Gasteiger partial charge in [0, 0.05) is 25.9 Å². The number of ether oxygens (including phenoxy) is 2. The van der Waals surface area contributed by atoms with E-state index in [2.05, 4.69) is 26.8 Å². The van der Waals surface area contributed by atoms with Crippen molar-refractivity contribution < 1.29 is 19.7 Å². The first-order valence-corrected chi connectivity index (χ1v) is 13.1. The highest BCUT2D eigenvalue weighted by molar-refractivity contribution is 5.71. The second-order valence-corrected chi connectivity index (χ2v) is 10.3. The Labute approximate surface area is 216 Å². The van der Waals surface area contributed by atoms with E-state index in [0.29, 0.717) is 41.6 Å². The van der Waals surface area contributed by atoms with E-state index in [0.717, 1.165) is 30.4 Å². The van der Waals surface area contributed by atoms with Crippen molar-refractivity contribution in [2.45, 2.75) is 72.8 Å². The van der Waals surface area contributed by atoms with Crippen LogP contribution < -0.4 is 10.3 Å². The van der Waals surface area contributed by atoms with E-state index in [1.165, 1.54) is 4.57 Å². The maximum atomic E-state index is 12.8. The summed E-state index contributed by atoms with van der Waals surface area (Å²) >= 11 is 0. The van der Waals surface area contributed by atoms with Crippen LogP contribution in [0.3, 0.4) is 0 Å². The van der Waals surface area contributed by atoms with Gasteiger partial charge in [-0.2, -0.15) is 0 Å². The van der Waals surface area contributed by atoms with Gasteiger partial charge in [0.25, 0.3) is 5.56 Å². The molecule has 0 aliphatic rings. The summed E-state index contributed by atoms with van der Waals surface area (Å²) in [7, 11) is 3.26. The van der Waals surface area contributed by atoms with Crippen LogP contribution in [0.4, 0.5) is 0 Å². The van der Waals surface area contributed by atoms with Crippen molar-refractivity contribution in [3.05, 3.63) is 58.0 Å². The van der Waals surface area contributed by atoms with Gasteiger partial charge in [0.05, 0.1) is 11.7 Å². The minimum atomic E-state index is -0.508. The Morgan fingerprint density at radius 3 is 2.44 bits per heavy atom. The number of aromatic nitrogens is 1.